The molecule has 0 radical (unpaired) electrons. The standard InChI is InChI=1S/C18H15N5O2/c24-18-14-7-12(25-13-8-19-9-13)3-4-15(14)21-17(22-18)16-6-11-2-1-5-23(11)10-20-16/h1-7,10,13,19H,8-9H2,(H,21,22,24). The highest BCUT2D eigenvalue weighted by Gasteiger charge is 2.18. The molecule has 1 aromatic carbocycles. The summed E-state index contributed by atoms with van der Waals surface area (Å²) in [5.74, 6) is 1.14. The van der Waals surface area contributed by atoms with E-state index in [0.717, 1.165) is 18.6 Å². The van der Waals surface area contributed by atoms with Gasteiger partial charge in [-0.25, -0.2) is 9.97 Å². The molecular weight excluding hydrogens is 318 g/mol. The molecule has 1 saturated heterocycles. The Morgan fingerprint density at radius 3 is 2.96 bits per heavy atom. The van der Waals surface area contributed by atoms with Crippen LogP contribution in [0.3, 0.4) is 0 Å². The number of rotatable bonds is 3. The van der Waals surface area contributed by atoms with E-state index in [2.05, 4.69) is 20.3 Å². The van der Waals surface area contributed by atoms with Gasteiger partial charge in [0.2, 0.25) is 0 Å². The Morgan fingerprint density at radius 2 is 2.12 bits per heavy atom. The molecule has 1 fully saturated rings. The largest absolute Gasteiger partial charge is 0.488 e. The van der Waals surface area contributed by atoms with E-state index < -0.39 is 0 Å². The molecule has 0 spiro atoms. The minimum Gasteiger partial charge on any atom is -0.488 e. The molecule has 1 aliphatic rings. The number of hydrogen-bond donors (Lipinski definition) is 2. The number of ether oxygens (including phenoxy) is 1. The van der Waals surface area contributed by atoms with Crippen molar-refractivity contribution in [1.29, 1.82) is 0 Å². The van der Waals surface area contributed by atoms with Crippen molar-refractivity contribution < 1.29 is 4.74 Å². The zero-order chi connectivity index (χ0) is 16.8. The molecular formula is C18H15N5O2. The van der Waals surface area contributed by atoms with Gasteiger partial charge >= 0.3 is 0 Å². The zero-order valence-electron chi connectivity index (χ0n) is 13.3. The van der Waals surface area contributed by atoms with Crippen molar-refractivity contribution in [3.63, 3.8) is 0 Å². The van der Waals surface area contributed by atoms with Crippen LogP contribution >= 0.6 is 0 Å². The molecule has 5 rings (SSSR count). The predicted octanol–water partition coefficient (Wildman–Crippen LogP) is 1.59. The van der Waals surface area contributed by atoms with Crippen LogP contribution in [0.2, 0.25) is 0 Å². The first-order chi connectivity index (χ1) is 12.3. The second-order valence-corrected chi connectivity index (χ2v) is 6.11. The van der Waals surface area contributed by atoms with Gasteiger partial charge in [-0.15, -0.1) is 0 Å². The minimum absolute atomic E-state index is 0.168. The molecule has 4 aromatic rings. The summed E-state index contributed by atoms with van der Waals surface area (Å²) >= 11 is 0. The average Bonchev–Trinajstić information content (AvgIpc) is 3.06. The summed E-state index contributed by atoms with van der Waals surface area (Å²) in [7, 11) is 0. The van der Waals surface area contributed by atoms with E-state index in [9.17, 15) is 4.79 Å². The van der Waals surface area contributed by atoms with E-state index in [1.807, 2.05) is 40.9 Å². The van der Waals surface area contributed by atoms with Crippen molar-refractivity contribution in [2.24, 2.45) is 0 Å². The van der Waals surface area contributed by atoms with Gasteiger partial charge in [0, 0.05) is 24.8 Å². The van der Waals surface area contributed by atoms with E-state index in [0.29, 0.717) is 28.2 Å². The second kappa shape index (κ2) is 5.42. The quantitative estimate of drug-likeness (QED) is 0.595. The van der Waals surface area contributed by atoms with Crippen molar-refractivity contribution in [2.45, 2.75) is 6.10 Å². The fraction of sp³-hybridized carbons (Fsp3) is 0.167. The van der Waals surface area contributed by atoms with Crippen molar-refractivity contribution in [3.05, 3.63) is 59.3 Å². The van der Waals surface area contributed by atoms with Crippen LogP contribution in [0.4, 0.5) is 0 Å². The van der Waals surface area contributed by atoms with Crippen molar-refractivity contribution in [1.82, 2.24) is 24.7 Å². The van der Waals surface area contributed by atoms with Crippen LogP contribution in [0.1, 0.15) is 0 Å². The first kappa shape index (κ1) is 14.2. The molecule has 0 atom stereocenters. The van der Waals surface area contributed by atoms with Crippen LogP contribution in [-0.2, 0) is 0 Å². The Morgan fingerprint density at radius 1 is 1.20 bits per heavy atom. The first-order valence-electron chi connectivity index (χ1n) is 8.11. The third kappa shape index (κ3) is 2.45. The summed E-state index contributed by atoms with van der Waals surface area (Å²) < 4.78 is 7.71. The van der Waals surface area contributed by atoms with Gasteiger partial charge in [-0.2, -0.15) is 0 Å². The van der Waals surface area contributed by atoms with Gasteiger partial charge in [-0.3, -0.25) is 4.79 Å². The molecule has 4 heterocycles. The summed E-state index contributed by atoms with van der Waals surface area (Å²) in [6.45, 7) is 1.67. The lowest BCUT2D eigenvalue weighted by Crippen LogP contribution is -2.50. The fourth-order valence-corrected chi connectivity index (χ4v) is 2.92. The summed E-state index contributed by atoms with van der Waals surface area (Å²) in [6, 6.07) is 11.2. The number of fused-ring (bicyclic) bond motifs is 2. The summed E-state index contributed by atoms with van der Waals surface area (Å²) in [4.78, 5) is 24.3. The van der Waals surface area contributed by atoms with E-state index in [-0.39, 0.29) is 11.7 Å². The molecule has 25 heavy (non-hydrogen) atoms. The van der Waals surface area contributed by atoms with E-state index in [4.69, 9.17) is 4.74 Å². The monoisotopic (exact) mass is 333 g/mol. The number of aromatic nitrogens is 4. The van der Waals surface area contributed by atoms with Gasteiger partial charge in [0.05, 0.1) is 17.2 Å². The van der Waals surface area contributed by atoms with Crippen LogP contribution in [-0.4, -0.2) is 38.5 Å². The van der Waals surface area contributed by atoms with Crippen LogP contribution in [0.25, 0.3) is 27.9 Å². The Labute approximate surface area is 142 Å². The Kier molecular flexibility index (Phi) is 3.07. The lowest BCUT2D eigenvalue weighted by atomic mass is 10.2. The van der Waals surface area contributed by atoms with Gasteiger partial charge in [0.15, 0.2) is 5.82 Å². The number of benzene rings is 1. The molecule has 0 unspecified atom stereocenters. The third-order valence-corrected chi connectivity index (χ3v) is 4.38. The minimum atomic E-state index is -0.200. The molecule has 0 saturated carbocycles. The SMILES string of the molecule is O=c1[nH]c(-c2cc3cccn3cn2)nc2ccc(OC3CNC3)cc12. The van der Waals surface area contributed by atoms with Gasteiger partial charge in [0.25, 0.3) is 5.56 Å². The fourth-order valence-electron chi connectivity index (χ4n) is 2.92. The highest BCUT2D eigenvalue weighted by molar-refractivity contribution is 5.80. The van der Waals surface area contributed by atoms with Crippen LogP contribution < -0.4 is 15.6 Å². The molecule has 3 aromatic heterocycles. The normalized spacial score (nSPS) is 14.7. The van der Waals surface area contributed by atoms with E-state index >= 15 is 0 Å². The molecule has 0 aliphatic carbocycles. The lowest BCUT2D eigenvalue weighted by molar-refractivity contribution is 0.142. The van der Waals surface area contributed by atoms with Gasteiger partial charge in [0.1, 0.15) is 17.5 Å². The van der Waals surface area contributed by atoms with Crippen LogP contribution in [0.5, 0.6) is 5.75 Å². The Bertz CT molecular complexity index is 1140. The smallest absolute Gasteiger partial charge is 0.259 e. The van der Waals surface area contributed by atoms with E-state index in [1.165, 1.54) is 0 Å². The summed E-state index contributed by atoms with van der Waals surface area (Å²) in [5.41, 5.74) is 2.04. The van der Waals surface area contributed by atoms with Gasteiger partial charge < -0.3 is 19.4 Å². The maximum absolute atomic E-state index is 12.5. The van der Waals surface area contributed by atoms with Crippen LogP contribution in [0.15, 0.2) is 53.7 Å². The molecule has 7 heteroatoms. The Hall–Kier alpha value is -3.19. The van der Waals surface area contributed by atoms with Crippen molar-refractivity contribution in [2.75, 3.05) is 13.1 Å². The highest BCUT2D eigenvalue weighted by atomic mass is 16.5. The van der Waals surface area contributed by atoms with Crippen LogP contribution in [0, 0.1) is 0 Å². The molecule has 2 N–H and O–H groups in total. The topological polar surface area (TPSA) is 84.3 Å². The van der Waals surface area contributed by atoms with Gasteiger partial charge in [-0.1, -0.05) is 0 Å². The van der Waals surface area contributed by atoms with E-state index in [1.54, 1.807) is 12.4 Å². The summed E-state index contributed by atoms with van der Waals surface area (Å²) in [6.07, 6.45) is 3.79. The molecule has 0 amide bonds. The second-order valence-electron chi connectivity index (χ2n) is 6.11. The van der Waals surface area contributed by atoms with Crippen molar-refractivity contribution >= 4 is 16.4 Å². The predicted molar refractivity (Wildman–Crippen MR) is 93.8 cm³/mol. The number of nitrogens with zero attached hydrogens (tertiary/aromatic N) is 3. The third-order valence-electron chi connectivity index (χ3n) is 4.38. The zero-order valence-corrected chi connectivity index (χ0v) is 13.3. The maximum atomic E-state index is 12.5. The molecule has 7 nitrogen and oxygen atoms in total. The number of aromatic amines is 1. The number of nitrogens with one attached hydrogen (secondary N) is 2. The lowest BCUT2D eigenvalue weighted by Gasteiger charge is -2.27. The maximum Gasteiger partial charge on any atom is 0.259 e. The Balaban J connectivity index is 1.57. The summed E-state index contributed by atoms with van der Waals surface area (Å²) in [5, 5.41) is 3.66. The van der Waals surface area contributed by atoms with Crippen molar-refractivity contribution in [3.8, 4) is 17.3 Å². The van der Waals surface area contributed by atoms with Gasteiger partial charge in [-0.05, 0) is 36.4 Å². The number of H-pyrrole nitrogens is 1. The first-order valence-corrected chi connectivity index (χ1v) is 8.11. The molecule has 0 bridgehead atoms. The highest BCUT2D eigenvalue weighted by Crippen LogP contribution is 2.21. The number of hydrogen-bond acceptors (Lipinski definition) is 5. The molecule has 124 valence electrons. The molecule has 1 aliphatic heterocycles. The average molecular weight is 333 g/mol.